The second-order valence-electron chi connectivity index (χ2n) is 14.5. The van der Waals surface area contributed by atoms with E-state index in [1.54, 1.807) is 73.5 Å². The van der Waals surface area contributed by atoms with Gasteiger partial charge in [-0.15, -0.1) is 0 Å². The Morgan fingerprint density at radius 3 is 1.68 bits per heavy atom. The number of aromatic amines is 1. The van der Waals surface area contributed by atoms with Crippen LogP contribution in [0.3, 0.4) is 0 Å². The normalized spacial score (nSPS) is 12.4. The molecule has 17 nitrogen and oxygen atoms in total. The molecule has 7 aromatic rings. The number of hydrogen-bond donors (Lipinski definition) is 3. The SMILES string of the molecule is CC(O)CCn1c(=O)c2c(nc(Br)n2Cc2ccc(Cl)cc2)n(C)c1=O.Cc1ccc(S(=O)(=O)OCCC(C)O)cc1.Cn1c(=O)[nH]c(=O)c2c1nc(Br)n2Cc1ccc(Cl)cc1. The maximum absolute atomic E-state index is 13.0. The molecule has 0 fully saturated rings. The van der Waals surface area contributed by atoms with Crippen molar-refractivity contribution in [3.63, 3.8) is 0 Å². The van der Waals surface area contributed by atoms with Crippen LogP contribution in [-0.4, -0.2) is 75.2 Å². The number of fused-ring (bicyclic) bond motifs is 2. The van der Waals surface area contributed by atoms with Crippen molar-refractivity contribution in [1.82, 2.24) is 37.8 Å². The molecular weight excluding hydrogens is 1010 g/mol. The Balaban J connectivity index is 0.000000184. The van der Waals surface area contributed by atoms with Crippen molar-refractivity contribution in [1.29, 1.82) is 0 Å². The predicted octanol–water partition coefficient (Wildman–Crippen LogP) is 5.49. The molecule has 0 aliphatic rings. The first-order valence-corrected chi connectivity index (χ1v) is 22.9. The van der Waals surface area contributed by atoms with Gasteiger partial charge in [-0.1, -0.05) is 65.2 Å². The van der Waals surface area contributed by atoms with Gasteiger partial charge in [-0.05, 0) is 113 Å². The van der Waals surface area contributed by atoms with Crippen LogP contribution in [0.5, 0.6) is 0 Å². The summed E-state index contributed by atoms with van der Waals surface area (Å²) in [5.74, 6) is 0. The fraction of sp³-hybridized carbons (Fsp3) is 0.317. The average molecular weight is 1060 g/mol. The Morgan fingerprint density at radius 2 is 1.19 bits per heavy atom. The number of halogens is 4. The highest BCUT2D eigenvalue weighted by molar-refractivity contribution is 9.10. The number of aliphatic hydroxyl groups excluding tert-OH is 2. The molecular formula is C41H44Br2Cl2N8O9S. The summed E-state index contributed by atoms with van der Waals surface area (Å²) in [7, 11) is -0.543. The Bertz CT molecular complexity index is 3070. The fourth-order valence-electron chi connectivity index (χ4n) is 6.00. The minimum atomic E-state index is -3.68. The number of rotatable bonds is 12. The van der Waals surface area contributed by atoms with Crippen LogP contribution in [0.25, 0.3) is 22.3 Å². The van der Waals surface area contributed by atoms with E-state index in [9.17, 15) is 32.7 Å². The van der Waals surface area contributed by atoms with E-state index >= 15 is 0 Å². The summed E-state index contributed by atoms with van der Waals surface area (Å²) in [5, 5.41) is 19.8. The van der Waals surface area contributed by atoms with Gasteiger partial charge < -0.3 is 19.3 Å². The molecule has 2 unspecified atom stereocenters. The second kappa shape index (κ2) is 21.3. The van der Waals surface area contributed by atoms with E-state index in [1.165, 1.54) is 21.3 Å². The Labute approximate surface area is 387 Å². The number of nitrogens with zero attached hydrogens (tertiary/aromatic N) is 7. The maximum atomic E-state index is 13.0. The van der Waals surface area contributed by atoms with Crippen LogP contribution in [0.2, 0.25) is 10.0 Å². The number of aryl methyl sites for hydroxylation is 3. The van der Waals surface area contributed by atoms with Gasteiger partial charge in [0.2, 0.25) is 0 Å². The summed E-state index contributed by atoms with van der Waals surface area (Å²) in [4.78, 5) is 60.1. The molecule has 0 saturated carbocycles. The third-order valence-corrected chi connectivity index (χ3v) is 12.5. The molecule has 7 rings (SSSR count). The number of benzene rings is 3. The smallest absolute Gasteiger partial charge is 0.332 e. The van der Waals surface area contributed by atoms with E-state index in [0.29, 0.717) is 67.8 Å². The summed E-state index contributed by atoms with van der Waals surface area (Å²) < 4.78 is 36.2. The minimum Gasteiger partial charge on any atom is -0.393 e. The molecule has 0 aliphatic carbocycles. The first-order valence-electron chi connectivity index (χ1n) is 19.2. The van der Waals surface area contributed by atoms with Crippen LogP contribution >= 0.6 is 55.1 Å². The van der Waals surface area contributed by atoms with Gasteiger partial charge in [0.15, 0.2) is 31.8 Å². The quantitative estimate of drug-likeness (QED) is 0.103. The lowest BCUT2D eigenvalue weighted by atomic mass is 10.2. The van der Waals surface area contributed by atoms with Gasteiger partial charge >= 0.3 is 11.4 Å². The molecule has 0 amide bonds. The summed E-state index contributed by atoms with van der Waals surface area (Å²) in [5.41, 5.74) is 2.41. The molecule has 0 aliphatic heterocycles. The molecule has 63 heavy (non-hydrogen) atoms. The Morgan fingerprint density at radius 1 is 0.714 bits per heavy atom. The lowest BCUT2D eigenvalue weighted by Gasteiger charge is -2.11. The van der Waals surface area contributed by atoms with Crippen LogP contribution in [0.1, 0.15) is 43.4 Å². The van der Waals surface area contributed by atoms with Gasteiger partial charge in [-0.2, -0.15) is 8.42 Å². The molecule has 0 bridgehead atoms. The van der Waals surface area contributed by atoms with E-state index in [4.69, 9.17) is 32.5 Å². The van der Waals surface area contributed by atoms with Gasteiger partial charge in [0.05, 0.1) is 36.8 Å². The molecule has 0 radical (unpaired) electrons. The highest BCUT2D eigenvalue weighted by Crippen LogP contribution is 2.21. The van der Waals surface area contributed by atoms with Gasteiger partial charge in [0, 0.05) is 30.7 Å². The molecule has 22 heteroatoms. The Kier molecular flexibility index (Phi) is 16.7. The standard InChI is InChI=1S/C17H18BrClN4O3.C13H10BrClN4O2.C11H16O4S/c1-10(24)7-8-22-15(25)13-14(21(2)17(22)26)20-16(18)23(13)9-11-3-5-12(19)6-4-11;1-18-10-9(11(20)17-13(18)21)19(12(14)16-10)6-7-2-4-8(15)5-3-7;1-9-3-5-11(6-4-9)16(13,14)15-8-7-10(2)12/h3-6,10,24H,7-9H2,1-2H3;2-5H,6H2,1H3,(H,17,20,21);3-6,10,12H,7-8H2,1-2H3. The zero-order chi connectivity index (χ0) is 46.3. The lowest BCUT2D eigenvalue weighted by molar-refractivity contribution is 0.157. The van der Waals surface area contributed by atoms with Gasteiger partial charge in [0.1, 0.15) is 0 Å². The number of hydrogen-bond acceptors (Lipinski definition) is 11. The number of H-pyrrole nitrogens is 1. The number of aliphatic hydroxyl groups is 2. The summed E-state index contributed by atoms with van der Waals surface area (Å²) in [6.45, 7) is 6.06. The van der Waals surface area contributed by atoms with Crippen LogP contribution in [0, 0.1) is 6.92 Å². The van der Waals surface area contributed by atoms with Crippen molar-refractivity contribution in [2.24, 2.45) is 14.1 Å². The van der Waals surface area contributed by atoms with E-state index < -0.39 is 44.8 Å². The van der Waals surface area contributed by atoms with Gasteiger partial charge in [-0.25, -0.2) is 19.6 Å². The molecule has 4 aromatic heterocycles. The monoisotopic (exact) mass is 1050 g/mol. The molecule has 3 N–H and O–H groups in total. The molecule has 4 heterocycles. The third kappa shape index (κ3) is 12.3. The molecule has 336 valence electrons. The zero-order valence-corrected chi connectivity index (χ0v) is 40.1. The van der Waals surface area contributed by atoms with Crippen molar-refractivity contribution < 1.29 is 22.8 Å². The van der Waals surface area contributed by atoms with Crippen LogP contribution in [-0.2, 0) is 48.0 Å². The summed E-state index contributed by atoms with van der Waals surface area (Å²) in [6.07, 6.45) is -0.556. The summed E-state index contributed by atoms with van der Waals surface area (Å²) in [6, 6.07) is 21.0. The van der Waals surface area contributed by atoms with E-state index in [2.05, 4.69) is 46.8 Å². The van der Waals surface area contributed by atoms with Crippen molar-refractivity contribution in [2.45, 2.75) is 70.4 Å². The zero-order valence-electron chi connectivity index (χ0n) is 34.6. The highest BCUT2D eigenvalue weighted by atomic mass is 79.9. The van der Waals surface area contributed by atoms with Crippen molar-refractivity contribution in [3.8, 4) is 0 Å². The summed E-state index contributed by atoms with van der Waals surface area (Å²) >= 11 is 18.5. The molecule has 0 saturated heterocycles. The topological polar surface area (TPSA) is 218 Å². The maximum Gasteiger partial charge on any atom is 0.332 e. The Hall–Kier alpha value is -4.67. The molecule has 2 atom stereocenters. The second-order valence-corrected chi connectivity index (χ2v) is 18.4. The van der Waals surface area contributed by atoms with Crippen molar-refractivity contribution in [2.75, 3.05) is 6.61 Å². The van der Waals surface area contributed by atoms with Crippen molar-refractivity contribution in [3.05, 3.63) is 151 Å². The van der Waals surface area contributed by atoms with E-state index in [-0.39, 0.29) is 18.0 Å². The number of aromatic nitrogens is 8. The highest BCUT2D eigenvalue weighted by Gasteiger charge is 2.20. The largest absolute Gasteiger partial charge is 0.393 e. The van der Waals surface area contributed by atoms with E-state index in [1.807, 2.05) is 31.2 Å². The first-order chi connectivity index (χ1) is 29.7. The van der Waals surface area contributed by atoms with Crippen LogP contribution in [0.15, 0.2) is 106 Å². The van der Waals surface area contributed by atoms with E-state index in [0.717, 1.165) is 21.3 Å². The molecule has 0 spiro atoms. The predicted molar refractivity (Wildman–Crippen MR) is 248 cm³/mol. The third-order valence-electron chi connectivity index (χ3n) is 9.51. The average Bonchev–Trinajstić information content (AvgIpc) is 3.73. The molecule has 3 aromatic carbocycles. The van der Waals surface area contributed by atoms with Crippen LogP contribution in [0.4, 0.5) is 0 Å². The van der Waals surface area contributed by atoms with Gasteiger partial charge in [-0.3, -0.25) is 32.5 Å². The van der Waals surface area contributed by atoms with Crippen LogP contribution < -0.4 is 22.5 Å². The number of imidazole rings is 2. The lowest BCUT2D eigenvalue weighted by Crippen LogP contribution is -2.40. The van der Waals surface area contributed by atoms with Gasteiger partial charge in [0.25, 0.3) is 21.2 Å². The number of nitrogens with one attached hydrogen (secondary N) is 1. The van der Waals surface area contributed by atoms with Crippen molar-refractivity contribution >= 4 is 87.5 Å². The fourth-order valence-corrected chi connectivity index (χ4v) is 8.12. The minimum absolute atomic E-state index is 0.00607. The first kappa shape index (κ1) is 49.3.